The van der Waals surface area contributed by atoms with E-state index in [4.69, 9.17) is 0 Å². The fourth-order valence-corrected chi connectivity index (χ4v) is 2.30. The maximum Gasteiger partial charge on any atom is 0.270 e. The van der Waals surface area contributed by atoms with Gasteiger partial charge in [0.1, 0.15) is 0 Å². The molecule has 2 aromatic heterocycles. The third-order valence-corrected chi connectivity index (χ3v) is 3.36. The Morgan fingerprint density at radius 1 is 1.15 bits per heavy atom. The van der Waals surface area contributed by atoms with Crippen molar-refractivity contribution in [1.29, 1.82) is 0 Å². The Hall–Kier alpha value is -2.69. The summed E-state index contributed by atoms with van der Waals surface area (Å²) in [5.74, 6) is 0. The molecule has 3 aromatic rings. The molecule has 5 heteroatoms. The molecule has 0 aliphatic rings. The second-order valence-electron chi connectivity index (χ2n) is 4.61. The van der Waals surface area contributed by atoms with Crippen molar-refractivity contribution >= 4 is 16.6 Å². The molecule has 2 heterocycles. The smallest absolute Gasteiger partial charge is 0.270 e. The average Bonchev–Trinajstić information content (AvgIpc) is 2.88. The molecule has 5 nitrogen and oxygen atoms in total. The van der Waals surface area contributed by atoms with Gasteiger partial charge in [-0.25, -0.2) is 0 Å². The van der Waals surface area contributed by atoms with Crippen LogP contribution in [0.1, 0.15) is 5.56 Å². The van der Waals surface area contributed by atoms with Gasteiger partial charge in [0.05, 0.1) is 4.92 Å². The minimum atomic E-state index is -0.367. The summed E-state index contributed by atoms with van der Waals surface area (Å²) in [5, 5.41) is 11.7. The summed E-state index contributed by atoms with van der Waals surface area (Å²) in [7, 11) is 0. The van der Waals surface area contributed by atoms with Gasteiger partial charge in [-0.1, -0.05) is 0 Å². The van der Waals surface area contributed by atoms with Crippen LogP contribution in [0, 0.1) is 10.1 Å². The van der Waals surface area contributed by atoms with E-state index in [-0.39, 0.29) is 10.6 Å². The summed E-state index contributed by atoms with van der Waals surface area (Å²) < 4.78 is 2.11. The molecule has 0 bridgehead atoms. The minimum Gasteiger partial charge on any atom is -0.347 e. The molecule has 0 saturated heterocycles. The van der Waals surface area contributed by atoms with Gasteiger partial charge in [0.25, 0.3) is 5.69 Å². The quantitative estimate of drug-likeness (QED) is 0.538. The first-order valence-electron chi connectivity index (χ1n) is 6.36. The number of benzene rings is 1. The van der Waals surface area contributed by atoms with Crippen molar-refractivity contribution in [3.8, 4) is 0 Å². The number of pyridine rings is 1. The molecule has 0 saturated carbocycles. The fourth-order valence-electron chi connectivity index (χ4n) is 2.30. The first-order valence-corrected chi connectivity index (χ1v) is 6.36. The van der Waals surface area contributed by atoms with E-state index in [0.717, 1.165) is 23.9 Å². The van der Waals surface area contributed by atoms with Crippen LogP contribution in [0.25, 0.3) is 10.9 Å². The van der Waals surface area contributed by atoms with Gasteiger partial charge in [-0.15, -0.1) is 0 Å². The summed E-state index contributed by atoms with van der Waals surface area (Å²) in [5.41, 5.74) is 2.37. The summed E-state index contributed by atoms with van der Waals surface area (Å²) in [4.78, 5) is 14.4. The van der Waals surface area contributed by atoms with Crippen LogP contribution in [-0.2, 0) is 13.0 Å². The fraction of sp³-hybridized carbons (Fsp3) is 0.133. The van der Waals surface area contributed by atoms with Crippen LogP contribution in [0.5, 0.6) is 0 Å². The molecule has 100 valence electrons. The molecular formula is C15H13N3O2. The zero-order valence-corrected chi connectivity index (χ0v) is 10.8. The maximum atomic E-state index is 10.8. The van der Waals surface area contributed by atoms with E-state index in [9.17, 15) is 10.1 Å². The molecule has 20 heavy (non-hydrogen) atoms. The lowest BCUT2D eigenvalue weighted by atomic mass is 10.2. The van der Waals surface area contributed by atoms with Gasteiger partial charge in [-0.05, 0) is 36.2 Å². The van der Waals surface area contributed by atoms with E-state index in [2.05, 4.69) is 9.55 Å². The van der Waals surface area contributed by atoms with Gasteiger partial charge < -0.3 is 4.57 Å². The van der Waals surface area contributed by atoms with E-state index >= 15 is 0 Å². The summed E-state index contributed by atoms with van der Waals surface area (Å²) >= 11 is 0. The van der Waals surface area contributed by atoms with Crippen LogP contribution in [0.4, 0.5) is 5.69 Å². The van der Waals surface area contributed by atoms with Gasteiger partial charge in [0, 0.05) is 48.2 Å². The van der Waals surface area contributed by atoms with Gasteiger partial charge in [0.15, 0.2) is 0 Å². The standard InChI is InChI=1S/C15H13N3O2/c19-18(20)14-1-2-15-13(11-14)6-10-17(15)9-5-12-3-7-16-8-4-12/h1-4,6-8,10-11H,5,9H2. The van der Waals surface area contributed by atoms with Gasteiger partial charge in [-0.2, -0.15) is 0 Å². The Morgan fingerprint density at radius 3 is 2.70 bits per heavy atom. The Labute approximate surface area is 115 Å². The molecule has 3 rings (SSSR count). The summed E-state index contributed by atoms with van der Waals surface area (Å²) in [6, 6.07) is 10.9. The molecule has 0 atom stereocenters. The highest BCUT2D eigenvalue weighted by Crippen LogP contribution is 2.22. The first-order chi connectivity index (χ1) is 9.74. The molecule has 0 aliphatic heterocycles. The third-order valence-electron chi connectivity index (χ3n) is 3.36. The first kappa shape index (κ1) is 12.3. The number of aryl methyl sites for hydroxylation is 2. The number of hydrogen-bond acceptors (Lipinski definition) is 3. The Balaban J connectivity index is 1.84. The predicted octanol–water partition coefficient (Wildman–Crippen LogP) is 3.19. The number of hydrogen-bond donors (Lipinski definition) is 0. The third kappa shape index (κ3) is 2.38. The van der Waals surface area contributed by atoms with E-state index < -0.39 is 0 Å². The van der Waals surface area contributed by atoms with Gasteiger partial charge in [-0.3, -0.25) is 15.1 Å². The Bertz CT molecular complexity index is 750. The lowest BCUT2D eigenvalue weighted by Crippen LogP contribution is -1.99. The predicted molar refractivity (Wildman–Crippen MR) is 76.5 cm³/mol. The zero-order valence-electron chi connectivity index (χ0n) is 10.8. The highest BCUT2D eigenvalue weighted by atomic mass is 16.6. The number of nitro benzene ring substituents is 1. The van der Waals surface area contributed by atoms with Crippen molar-refractivity contribution in [3.63, 3.8) is 0 Å². The molecular weight excluding hydrogens is 254 g/mol. The van der Waals surface area contributed by atoms with Crippen LogP contribution in [0.15, 0.2) is 55.0 Å². The molecule has 0 fully saturated rings. The highest BCUT2D eigenvalue weighted by Gasteiger charge is 2.08. The van der Waals surface area contributed by atoms with Crippen molar-refractivity contribution in [2.75, 3.05) is 0 Å². The number of nitro groups is 1. The molecule has 0 amide bonds. The molecule has 0 N–H and O–H groups in total. The highest BCUT2D eigenvalue weighted by molar-refractivity contribution is 5.82. The lowest BCUT2D eigenvalue weighted by molar-refractivity contribution is -0.384. The van der Waals surface area contributed by atoms with Crippen molar-refractivity contribution in [3.05, 3.63) is 70.7 Å². The SMILES string of the molecule is O=[N+]([O-])c1ccc2c(ccn2CCc2ccncc2)c1. The number of fused-ring (bicyclic) bond motifs is 1. The lowest BCUT2D eigenvalue weighted by Gasteiger charge is -2.05. The Morgan fingerprint density at radius 2 is 1.95 bits per heavy atom. The van der Waals surface area contributed by atoms with Crippen LogP contribution >= 0.6 is 0 Å². The van der Waals surface area contributed by atoms with Crippen LogP contribution < -0.4 is 0 Å². The number of nitrogens with zero attached hydrogens (tertiary/aromatic N) is 3. The molecule has 0 spiro atoms. The van der Waals surface area contributed by atoms with Gasteiger partial charge >= 0.3 is 0 Å². The van der Waals surface area contributed by atoms with E-state index in [1.54, 1.807) is 30.6 Å². The maximum absolute atomic E-state index is 10.8. The number of rotatable bonds is 4. The minimum absolute atomic E-state index is 0.129. The molecule has 0 radical (unpaired) electrons. The van der Waals surface area contributed by atoms with Crippen molar-refractivity contribution in [2.45, 2.75) is 13.0 Å². The monoisotopic (exact) mass is 267 g/mol. The molecule has 1 aromatic carbocycles. The van der Waals surface area contributed by atoms with Crippen LogP contribution in [0.2, 0.25) is 0 Å². The van der Waals surface area contributed by atoms with Crippen molar-refractivity contribution in [2.24, 2.45) is 0 Å². The largest absolute Gasteiger partial charge is 0.347 e. The normalized spacial score (nSPS) is 10.8. The van der Waals surface area contributed by atoms with E-state index in [1.165, 1.54) is 5.56 Å². The van der Waals surface area contributed by atoms with E-state index in [0.29, 0.717) is 0 Å². The number of non-ortho nitro benzene ring substituents is 1. The van der Waals surface area contributed by atoms with Gasteiger partial charge in [0.2, 0.25) is 0 Å². The summed E-state index contributed by atoms with van der Waals surface area (Å²) in [6.45, 7) is 0.839. The Kier molecular flexibility index (Phi) is 3.16. The number of aromatic nitrogens is 2. The second kappa shape index (κ2) is 5.13. The zero-order chi connectivity index (χ0) is 13.9. The van der Waals surface area contributed by atoms with Crippen LogP contribution in [0.3, 0.4) is 0 Å². The average molecular weight is 267 g/mol. The van der Waals surface area contributed by atoms with Crippen molar-refractivity contribution in [1.82, 2.24) is 9.55 Å². The summed E-state index contributed by atoms with van der Waals surface area (Å²) in [6.07, 6.45) is 6.44. The molecule has 0 aliphatic carbocycles. The van der Waals surface area contributed by atoms with Crippen molar-refractivity contribution < 1.29 is 4.92 Å². The molecule has 0 unspecified atom stereocenters. The van der Waals surface area contributed by atoms with E-state index in [1.807, 2.05) is 24.4 Å². The second-order valence-corrected chi connectivity index (χ2v) is 4.61. The topological polar surface area (TPSA) is 61.0 Å². The van der Waals surface area contributed by atoms with Crippen LogP contribution in [-0.4, -0.2) is 14.5 Å².